The van der Waals surface area contributed by atoms with Crippen LogP contribution in [0, 0.1) is 12.8 Å². The van der Waals surface area contributed by atoms with Crippen molar-refractivity contribution in [3.8, 4) is 5.88 Å². The number of rotatable bonds is 4. The Morgan fingerprint density at radius 3 is 2.94 bits per heavy atom. The minimum atomic E-state index is 0.240. The number of anilines is 1. The minimum absolute atomic E-state index is 0.240. The molecule has 0 radical (unpaired) electrons. The van der Waals surface area contributed by atoms with E-state index < -0.39 is 0 Å². The average molecular weight is 250 g/mol. The van der Waals surface area contributed by atoms with Gasteiger partial charge in [0.15, 0.2) is 0 Å². The number of hydrogen-bond donors (Lipinski definition) is 1. The molecular weight excluding hydrogens is 228 g/mol. The lowest BCUT2D eigenvalue weighted by molar-refractivity contribution is 0.325. The summed E-state index contributed by atoms with van der Waals surface area (Å²) in [6.45, 7) is 8.53. The second kappa shape index (κ2) is 5.52. The fraction of sp³-hybridized carbons (Fsp3) is 0.692. The molecule has 2 unspecified atom stereocenters. The van der Waals surface area contributed by atoms with Gasteiger partial charge in [-0.05, 0) is 33.1 Å². The van der Waals surface area contributed by atoms with Crippen molar-refractivity contribution in [1.29, 1.82) is 0 Å². The Morgan fingerprint density at radius 1 is 1.56 bits per heavy atom. The van der Waals surface area contributed by atoms with Crippen LogP contribution in [-0.2, 0) is 0 Å². The number of nitrogens with two attached hydrogens (primary N) is 1. The molecule has 0 saturated carbocycles. The van der Waals surface area contributed by atoms with E-state index in [1.54, 1.807) is 0 Å². The summed E-state index contributed by atoms with van der Waals surface area (Å²) in [5.74, 6) is 2.91. The van der Waals surface area contributed by atoms with Crippen LogP contribution in [0.25, 0.3) is 0 Å². The predicted molar refractivity (Wildman–Crippen MR) is 71.9 cm³/mol. The summed E-state index contributed by atoms with van der Waals surface area (Å²) in [7, 11) is 0. The van der Waals surface area contributed by atoms with Crippen molar-refractivity contribution in [2.75, 3.05) is 24.6 Å². The van der Waals surface area contributed by atoms with E-state index in [-0.39, 0.29) is 6.04 Å². The Bertz CT molecular complexity index is 408. The van der Waals surface area contributed by atoms with E-state index in [4.69, 9.17) is 10.5 Å². The number of ether oxygens (including phenoxy) is 1. The third-order valence-electron chi connectivity index (χ3n) is 3.39. The molecule has 0 aliphatic carbocycles. The monoisotopic (exact) mass is 250 g/mol. The Kier molecular flexibility index (Phi) is 4.01. The lowest BCUT2D eigenvalue weighted by Crippen LogP contribution is -2.30. The molecule has 1 fully saturated rings. The summed E-state index contributed by atoms with van der Waals surface area (Å²) in [4.78, 5) is 11.0. The maximum atomic E-state index is 5.96. The van der Waals surface area contributed by atoms with E-state index in [9.17, 15) is 0 Å². The molecule has 1 saturated heterocycles. The van der Waals surface area contributed by atoms with E-state index in [0.29, 0.717) is 18.4 Å². The van der Waals surface area contributed by atoms with Crippen molar-refractivity contribution in [1.82, 2.24) is 9.97 Å². The van der Waals surface area contributed by atoms with Crippen LogP contribution in [0.15, 0.2) is 6.07 Å². The van der Waals surface area contributed by atoms with Crippen molar-refractivity contribution in [2.45, 2.75) is 33.2 Å². The summed E-state index contributed by atoms with van der Waals surface area (Å²) < 4.78 is 5.46. The summed E-state index contributed by atoms with van der Waals surface area (Å²) in [5.41, 5.74) is 5.96. The first kappa shape index (κ1) is 13.1. The third-order valence-corrected chi connectivity index (χ3v) is 3.39. The summed E-state index contributed by atoms with van der Waals surface area (Å²) >= 11 is 0. The average Bonchev–Trinajstić information content (AvgIpc) is 2.78. The van der Waals surface area contributed by atoms with Gasteiger partial charge in [-0.25, -0.2) is 4.98 Å². The van der Waals surface area contributed by atoms with Crippen molar-refractivity contribution in [3.63, 3.8) is 0 Å². The van der Waals surface area contributed by atoms with Crippen LogP contribution in [0.5, 0.6) is 5.88 Å². The van der Waals surface area contributed by atoms with E-state index in [0.717, 1.165) is 31.2 Å². The molecule has 1 aromatic rings. The molecule has 2 atom stereocenters. The Hall–Kier alpha value is -1.36. The first-order valence-electron chi connectivity index (χ1n) is 6.59. The van der Waals surface area contributed by atoms with Gasteiger partial charge in [0.05, 0.1) is 6.61 Å². The van der Waals surface area contributed by atoms with Crippen LogP contribution in [0.3, 0.4) is 0 Å². The molecule has 18 heavy (non-hydrogen) atoms. The van der Waals surface area contributed by atoms with Crippen molar-refractivity contribution >= 4 is 5.82 Å². The fourth-order valence-corrected chi connectivity index (χ4v) is 2.33. The summed E-state index contributed by atoms with van der Waals surface area (Å²) in [6.07, 6.45) is 1.13. The molecule has 1 aromatic heterocycles. The molecule has 0 amide bonds. The third kappa shape index (κ3) is 2.90. The molecule has 1 aliphatic rings. The van der Waals surface area contributed by atoms with Gasteiger partial charge in [0.1, 0.15) is 11.6 Å². The standard InChI is InChI=1S/C13H22N4O/c1-4-18-13-7-12(15-10(3)16-13)17-6-5-11(8-17)9(2)14/h7,9,11H,4-6,8,14H2,1-3H3. The van der Waals surface area contributed by atoms with Crippen LogP contribution >= 0.6 is 0 Å². The van der Waals surface area contributed by atoms with Crippen LogP contribution in [0.4, 0.5) is 5.82 Å². The highest BCUT2D eigenvalue weighted by molar-refractivity contribution is 5.43. The molecule has 2 heterocycles. The molecule has 5 nitrogen and oxygen atoms in total. The van der Waals surface area contributed by atoms with E-state index >= 15 is 0 Å². The number of aromatic nitrogens is 2. The SMILES string of the molecule is CCOc1cc(N2CCC(C(C)N)C2)nc(C)n1. The van der Waals surface area contributed by atoms with Gasteiger partial charge in [-0.1, -0.05) is 0 Å². The maximum Gasteiger partial charge on any atom is 0.218 e. The smallest absolute Gasteiger partial charge is 0.218 e. The van der Waals surface area contributed by atoms with Crippen LogP contribution in [-0.4, -0.2) is 35.7 Å². The quantitative estimate of drug-likeness (QED) is 0.874. The second-order valence-electron chi connectivity index (χ2n) is 4.90. The number of hydrogen-bond acceptors (Lipinski definition) is 5. The van der Waals surface area contributed by atoms with Gasteiger partial charge in [0, 0.05) is 25.2 Å². The number of nitrogens with zero attached hydrogens (tertiary/aromatic N) is 3. The van der Waals surface area contributed by atoms with Gasteiger partial charge in [-0.3, -0.25) is 0 Å². The van der Waals surface area contributed by atoms with Crippen LogP contribution < -0.4 is 15.4 Å². The zero-order valence-electron chi connectivity index (χ0n) is 11.4. The van der Waals surface area contributed by atoms with Crippen molar-refractivity contribution in [2.24, 2.45) is 11.7 Å². The van der Waals surface area contributed by atoms with E-state index in [2.05, 4.69) is 21.8 Å². The van der Waals surface area contributed by atoms with E-state index in [1.165, 1.54) is 0 Å². The molecule has 100 valence electrons. The zero-order chi connectivity index (χ0) is 13.1. The van der Waals surface area contributed by atoms with Crippen molar-refractivity contribution < 1.29 is 4.74 Å². The molecule has 1 aliphatic heterocycles. The Balaban J connectivity index is 2.13. The normalized spacial score (nSPS) is 21.1. The summed E-state index contributed by atoms with van der Waals surface area (Å²) in [5, 5.41) is 0. The van der Waals surface area contributed by atoms with Gasteiger partial charge in [-0.15, -0.1) is 0 Å². The highest BCUT2D eigenvalue weighted by Gasteiger charge is 2.26. The zero-order valence-corrected chi connectivity index (χ0v) is 11.4. The minimum Gasteiger partial charge on any atom is -0.478 e. The molecule has 5 heteroatoms. The topological polar surface area (TPSA) is 64.3 Å². The second-order valence-corrected chi connectivity index (χ2v) is 4.90. The van der Waals surface area contributed by atoms with Gasteiger partial charge in [-0.2, -0.15) is 4.98 Å². The Morgan fingerprint density at radius 2 is 2.33 bits per heavy atom. The summed E-state index contributed by atoms with van der Waals surface area (Å²) in [6, 6.07) is 2.16. The highest BCUT2D eigenvalue weighted by Crippen LogP contribution is 2.25. The first-order chi connectivity index (χ1) is 8.60. The van der Waals surface area contributed by atoms with Gasteiger partial charge >= 0.3 is 0 Å². The molecule has 0 bridgehead atoms. The first-order valence-corrected chi connectivity index (χ1v) is 6.59. The van der Waals surface area contributed by atoms with Gasteiger partial charge < -0.3 is 15.4 Å². The van der Waals surface area contributed by atoms with Crippen LogP contribution in [0.1, 0.15) is 26.1 Å². The molecule has 2 rings (SSSR count). The van der Waals surface area contributed by atoms with Gasteiger partial charge in [0.25, 0.3) is 0 Å². The van der Waals surface area contributed by atoms with Crippen molar-refractivity contribution in [3.05, 3.63) is 11.9 Å². The molecular formula is C13H22N4O. The lowest BCUT2D eigenvalue weighted by Gasteiger charge is -2.19. The molecule has 0 spiro atoms. The largest absolute Gasteiger partial charge is 0.478 e. The predicted octanol–water partition coefficient (Wildman–Crippen LogP) is 1.36. The lowest BCUT2D eigenvalue weighted by atomic mass is 10.0. The maximum absolute atomic E-state index is 5.96. The van der Waals surface area contributed by atoms with Gasteiger partial charge in [0.2, 0.25) is 5.88 Å². The molecule has 2 N–H and O–H groups in total. The number of aryl methyl sites for hydroxylation is 1. The highest BCUT2D eigenvalue weighted by atomic mass is 16.5. The van der Waals surface area contributed by atoms with Crippen LogP contribution in [0.2, 0.25) is 0 Å². The molecule has 0 aromatic carbocycles. The fourth-order valence-electron chi connectivity index (χ4n) is 2.33. The Labute approximate surface area is 108 Å². The van der Waals surface area contributed by atoms with E-state index in [1.807, 2.05) is 19.9 Å².